The normalized spacial score (nSPS) is 13.9. The van der Waals surface area contributed by atoms with Crippen molar-refractivity contribution in [3.8, 4) is 42.9 Å². The number of methoxy groups -OCH3 is 1. The summed E-state index contributed by atoms with van der Waals surface area (Å²) in [5, 5.41) is 34.9. The van der Waals surface area contributed by atoms with E-state index in [1.165, 1.54) is 34.8 Å². The van der Waals surface area contributed by atoms with Gasteiger partial charge in [-0.1, -0.05) is 36.8 Å². The number of pyridine rings is 1. The summed E-state index contributed by atoms with van der Waals surface area (Å²) >= 11 is 0. The minimum atomic E-state index is -0.583. The molecular formula is C33H36N3O7S2+. The van der Waals surface area contributed by atoms with Crippen LogP contribution < -0.4 is 15.5 Å². The predicted octanol–water partition coefficient (Wildman–Crippen LogP) is 4.05. The van der Waals surface area contributed by atoms with Crippen LogP contribution in [0.1, 0.15) is 63.2 Å². The van der Waals surface area contributed by atoms with Crippen LogP contribution in [0.15, 0.2) is 41.6 Å². The highest BCUT2D eigenvalue weighted by molar-refractivity contribution is 8.76. The van der Waals surface area contributed by atoms with Crippen LogP contribution in [-0.4, -0.2) is 57.3 Å². The molecule has 45 heavy (non-hydrogen) atoms. The number of amides is 1. The highest BCUT2D eigenvalue weighted by atomic mass is 33.1. The van der Waals surface area contributed by atoms with Gasteiger partial charge in [-0.2, -0.15) is 5.48 Å². The van der Waals surface area contributed by atoms with Gasteiger partial charge in [-0.05, 0) is 42.2 Å². The third kappa shape index (κ3) is 7.80. The molecule has 0 saturated heterocycles. The zero-order valence-electron chi connectivity index (χ0n) is 25.2. The minimum absolute atomic E-state index is 0.0627. The number of benzene rings is 2. The number of nitrogens with zero attached hydrogens (tertiary/aromatic N) is 1. The second kappa shape index (κ2) is 17.7. The van der Waals surface area contributed by atoms with Crippen molar-refractivity contribution >= 4 is 44.7 Å². The molecule has 236 valence electrons. The molecule has 0 fully saturated rings. The van der Waals surface area contributed by atoms with Crippen molar-refractivity contribution in [2.75, 3.05) is 19.4 Å². The Hall–Kier alpha value is -4.46. The van der Waals surface area contributed by atoms with Crippen molar-refractivity contribution in [1.29, 1.82) is 0 Å². The van der Waals surface area contributed by atoms with Crippen molar-refractivity contribution in [3.05, 3.63) is 69.9 Å². The average molecular weight is 651 g/mol. The Kier molecular flexibility index (Phi) is 14.5. The fourth-order valence-corrected chi connectivity index (χ4v) is 6.78. The third-order valence-electron chi connectivity index (χ3n) is 6.93. The number of nitrogens with two attached hydrogens (primary N) is 1. The first-order chi connectivity index (χ1) is 21.8. The van der Waals surface area contributed by atoms with Gasteiger partial charge in [-0.3, -0.25) is 14.4 Å². The maximum absolute atomic E-state index is 13.4. The summed E-state index contributed by atoms with van der Waals surface area (Å²) in [5.74, 6) is -1.62. The van der Waals surface area contributed by atoms with Gasteiger partial charge in [0, 0.05) is 41.0 Å². The van der Waals surface area contributed by atoms with Crippen LogP contribution >= 0.6 is 21.6 Å². The van der Waals surface area contributed by atoms with Crippen LogP contribution in [0, 0.1) is 31.6 Å². The van der Waals surface area contributed by atoms with Gasteiger partial charge in [0.1, 0.15) is 22.3 Å². The van der Waals surface area contributed by atoms with E-state index < -0.39 is 17.5 Å². The summed E-state index contributed by atoms with van der Waals surface area (Å²) in [5.41, 5.74) is 2.02. The number of carbonyl (C=O) groups is 3. The van der Waals surface area contributed by atoms with Crippen LogP contribution in [-0.2, 0) is 17.6 Å². The van der Waals surface area contributed by atoms with Gasteiger partial charge in [-0.15, -0.1) is 25.7 Å². The molecule has 1 aromatic heterocycles. The van der Waals surface area contributed by atoms with Gasteiger partial charge in [0.25, 0.3) is 0 Å². The van der Waals surface area contributed by atoms with E-state index >= 15 is 0 Å². The maximum Gasteiger partial charge on any atom is 0.223 e. The van der Waals surface area contributed by atoms with Crippen LogP contribution in [0.5, 0.6) is 17.2 Å². The van der Waals surface area contributed by atoms with Gasteiger partial charge in [-0.25, -0.2) is 10.2 Å². The summed E-state index contributed by atoms with van der Waals surface area (Å²) in [6.45, 7) is 4.43. The Bertz CT molecular complexity index is 1560. The molecule has 2 aliphatic rings. The quantitative estimate of drug-likeness (QED) is 0.0618. The number of carbonyl (C=O) groups excluding carboxylic acids is 3. The molecule has 1 heterocycles. The minimum Gasteiger partial charge on any atom is -0.507 e. The van der Waals surface area contributed by atoms with Crippen LogP contribution in [0.25, 0.3) is 0 Å². The molecule has 6 N–H and O–H groups in total. The number of aromatic nitrogens is 1. The van der Waals surface area contributed by atoms with Crippen LogP contribution in [0.4, 0.5) is 5.69 Å². The Labute approximate surface area is 270 Å². The lowest BCUT2D eigenvalue weighted by atomic mass is 9.75. The first-order valence-corrected chi connectivity index (χ1v) is 16.2. The zero-order chi connectivity index (χ0) is 33.7. The molecule has 12 heteroatoms. The van der Waals surface area contributed by atoms with Crippen LogP contribution in [0.2, 0.25) is 0 Å². The Morgan fingerprint density at radius 1 is 1.02 bits per heavy atom. The molecule has 3 aromatic rings. The first-order valence-electron chi connectivity index (χ1n) is 13.9. The lowest BCUT2D eigenvalue weighted by Gasteiger charge is -2.29. The van der Waals surface area contributed by atoms with E-state index in [1.54, 1.807) is 30.5 Å². The molecule has 2 aliphatic carbocycles. The predicted molar refractivity (Wildman–Crippen MR) is 175 cm³/mol. The lowest BCUT2D eigenvalue weighted by molar-refractivity contribution is -0.825. The van der Waals surface area contributed by atoms with E-state index in [1.807, 2.05) is 13.8 Å². The Balaban J connectivity index is 0.00000111. The highest BCUT2D eigenvalue weighted by Gasteiger charge is 2.41. The number of quaternary nitrogens is 1. The monoisotopic (exact) mass is 650 g/mol. The van der Waals surface area contributed by atoms with Gasteiger partial charge < -0.3 is 20.3 Å². The topological polar surface area (TPSA) is 163 Å². The van der Waals surface area contributed by atoms with Crippen molar-refractivity contribution in [2.45, 2.75) is 38.1 Å². The second-order valence-electron chi connectivity index (χ2n) is 9.14. The highest BCUT2D eigenvalue weighted by Crippen LogP contribution is 2.47. The fraction of sp³-hybridized carbons (Fsp3) is 0.273. The molecule has 0 radical (unpaired) electrons. The fourth-order valence-electron chi connectivity index (χ4n) is 5.01. The molecule has 5 rings (SSSR count). The molecule has 0 spiro atoms. The first kappa shape index (κ1) is 36.7. The molecule has 0 saturated carbocycles. The summed E-state index contributed by atoms with van der Waals surface area (Å²) < 4.78 is 5.27. The maximum atomic E-state index is 13.4. The number of ketones is 2. The van der Waals surface area contributed by atoms with Crippen molar-refractivity contribution in [1.82, 2.24) is 10.3 Å². The van der Waals surface area contributed by atoms with E-state index in [2.05, 4.69) is 36.0 Å². The number of hydrogen-bond acceptors (Lipinski definition) is 10. The molecular weight excluding hydrogens is 615 g/mol. The molecule has 1 amide bonds. The van der Waals surface area contributed by atoms with Gasteiger partial charge in [0.2, 0.25) is 11.7 Å². The van der Waals surface area contributed by atoms with E-state index in [0.29, 0.717) is 35.5 Å². The third-order valence-corrected chi connectivity index (χ3v) is 9.20. The SMILES string of the molecule is C#C.C#C.CC.COc1cccc2c1C(=O)c1c(O)c3c(c(O)c1C2=O)C[C@@H](C(=O)NCCSSc1ccc([NH2+]O)cn1)CC3. The van der Waals surface area contributed by atoms with Gasteiger partial charge >= 0.3 is 0 Å². The lowest BCUT2D eigenvalue weighted by Crippen LogP contribution is -2.73. The molecule has 0 unspecified atom stereocenters. The van der Waals surface area contributed by atoms with E-state index in [0.717, 1.165) is 10.5 Å². The number of aromatic hydroxyl groups is 2. The number of ether oxygens (including phenoxy) is 1. The molecule has 2 aromatic carbocycles. The summed E-state index contributed by atoms with van der Waals surface area (Å²) in [6.07, 6.45) is 18.4. The van der Waals surface area contributed by atoms with E-state index in [9.17, 15) is 24.6 Å². The zero-order valence-corrected chi connectivity index (χ0v) is 26.8. The smallest absolute Gasteiger partial charge is 0.223 e. The van der Waals surface area contributed by atoms with Crippen molar-refractivity contribution < 1.29 is 40.0 Å². The molecule has 0 aliphatic heterocycles. The number of rotatable bonds is 8. The number of terminal acetylenes is 2. The number of phenolic OH excluding ortho intramolecular Hbond substituents is 2. The van der Waals surface area contributed by atoms with Crippen LogP contribution in [0.3, 0.4) is 0 Å². The summed E-state index contributed by atoms with van der Waals surface area (Å²) in [7, 11) is 4.38. The second-order valence-corrected chi connectivity index (χ2v) is 11.6. The Morgan fingerprint density at radius 3 is 2.31 bits per heavy atom. The molecule has 0 bridgehead atoms. The largest absolute Gasteiger partial charge is 0.507 e. The average Bonchev–Trinajstić information content (AvgIpc) is 3.10. The molecule has 10 nitrogen and oxygen atoms in total. The van der Waals surface area contributed by atoms with Gasteiger partial charge in [0.15, 0.2) is 11.5 Å². The van der Waals surface area contributed by atoms with Crippen molar-refractivity contribution in [2.24, 2.45) is 5.92 Å². The summed E-state index contributed by atoms with van der Waals surface area (Å²) in [4.78, 5) is 43.8. The van der Waals surface area contributed by atoms with Crippen molar-refractivity contribution in [3.63, 3.8) is 0 Å². The van der Waals surface area contributed by atoms with Gasteiger partial charge in [0.05, 0.1) is 30.0 Å². The van der Waals surface area contributed by atoms with E-state index in [-0.39, 0.29) is 58.3 Å². The summed E-state index contributed by atoms with van der Waals surface area (Å²) in [6, 6.07) is 8.19. The number of fused-ring (bicyclic) bond motifs is 3. The standard InChI is InChI=1S/C27H25N3O7S2.C2H6.2C2H2/c1-37-18-4-2-3-16-20(18)26(34)22-21(24(16)32)25(33)17-11-13(5-7-15(17)23(22)31)27(35)28-9-10-38-39-19-8-6-14(30-36)12-29-19;3*1-2/h2-4,6,8,12-13,30-31,33,36H,5,7,9-11H2,1H3,(H,28,35);1-2H3;2*1-2H/p+1/t13-;;;/m0.../s1. The Morgan fingerprint density at radius 2 is 1.69 bits per heavy atom. The van der Waals surface area contributed by atoms with E-state index in [4.69, 9.17) is 9.94 Å². The number of nitrogens with one attached hydrogen (secondary N) is 1. The number of hydrogen-bond donors (Lipinski definition) is 5. The molecule has 1 atom stereocenters. The number of phenols is 2.